The van der Waals surface area contributed by atoms with Crippen molar-refractivity contribution in [3.63, 3.8) is 0 Å². The number of carbonyl (C=O) groups is 2. The predicted molar refractivity (Wildman–Crippen MR) is 148 cm³/mol. The number of halogens is 3. The van der Waals surface area contributed by atoms with Crippen molar-refractivity contribution in [2.75, 3.05) is 24.2 Å². The van der Waals surface area contributed by atoms with Gasteiger partial charge in [0.05, 0.1) is 5.56 Å². The number of rotatable bonds is 9. The molecule has 1 aromatic heterocycles. The molecule has 40 heavy (non-hydrogen) atoms. The molecule has 2 aromatic carbocycles. The van der Waals surface area contributed by atoms with Crippen LogP contribution < -0.4 is 16.0 Å². The fraction of sp³-hybridized carbons (Fsp3) is 0.387. The molecule has 0 saturated heterocycles. The number of carbonyl (C=O) groups excluding carboxylic acids is 2. The molecule has 1 unspecified atom stereocenters. The number of hydrogen-bond acceptors (Lipinski definition) is 4. The van der Waals surface area contributed by atoms with Crippen LogP contribution in [0.5, 0.6) is 0 Å². The van der Waals surface area contributed by atoms with Gasteiger partial charge in [-0.1, -0.05) is 18.2 Å². The Kier molecular flexibility index (Phi) is 8.21. The van der Waals surface area contributed by atoms with Crippen molar-refractivity contribution in [3.8, 4) is 0 Å². The van der Waals surface area contributed by atoms with E-state index >= 15 is 0 Å². The number of hydrogen-bond donors (Lipinski definition) is 3. The monoisotopic (exact) mass is 550 g/mol. The number of benzene rings is 2. The lowest BCUT2D eigenvalue weighted by atomic mass is 9.82. The van der Waals surface area contributed by atoms with Crippen molar-refractivity contribution in [1.82, 2.24) is 10.3 Å². The highest BCUT2D eigenvalue weighted by molar-refractivity contribution is 5.93. The van der Waals surface area contributed by atoms with Crippen molar-refractivity contribution < 1.29 is 22.8 Å². The molecule has 210 valence electrons. The summed E-state index contributed by atoms with van der Waals surface area (Å²) in [7, 11) is 1.74. The number of fused-ring (bicyclic) bond motifs is 1. The Hall–Kier alpha value is -3.72. The van der Waals surface area contributed by atoms with E-state index in [9.17, 15) is 22.8 Å². The second kappa shape index (κ2) is 11.8. The first-order chi connectivity index (χ1) is 19.2. The highest BCUT2D eigenvalue weighted by Crippen LogP contribution is 2.33. The molecule has 2 amide bonds. The Morgan fingerprint density at radius 3 is 2.40 bits per heavy atom. The van der Waals surface area contributed by atoms with E-state index in [-0.39, 0.29) is 29.3 Å². The fourth-order valence-corrected chi connectivity index (χ4v) is 5.19. The lowest BCUT2D eigenvalue weighted by molar-refractivity contribution is -0.137. The minimum absolute atomic E-state index is 0.0158. The normalized spacial score (nSPS) is 16.8. The minimum Gasteiger partial charge on any atom is -0.326 e. The smallest absolute Gasteiger partial charge is 0.326 e. The van der Waals surface area contributed by atoms with Crippen LogP contribution in [-0.4, -0.2) is 30.4 Å². The second-order valence-electron chi connectivity index (χ2n) is 10.8. The Labute approximate surface area is 231 Å². The van der Waals surface area contributed by atoms with E-state index in [1.807, 2.05) is 12.1 Å². The lowest BCUT2D eigenvalue weighted by Gasteiger charge is -2.25. The molecule has 0 bridgehead atoms. The van der Waals surface area contributed by atoms with Crippen molar-refractivity contribution >= 4 is 23.3 Å². The van der Waals surface area contributed by atoms with E-state index in [1.54, 1.807) is 19.3 Å². The largest absolute Gasteiger partial charge is 0.416 e. The van der Waals surface area contributed by atoms with Gasteiger partial charge in [0, 0.05) is 23.7 Å². The van der Waals surface area contributed by atoms with Gasteiger partial charge >= 0.3 is 6.18 Å². The maximum atomic E-state index is 13.5. The molecule has 9 heteroatoms. The number of aryl methyl sites for hydroxylation is 1. The summed E-state index contributed by atoms with van der Waals surface area (Å²) in [5.74, 6) is 0.0726. The van der Waals surface area contributed by atoms with Crippen LogP contribution in [0.2, 0.25) is 0 Å². The van der Waals surface area contributed by atoms with Crippen LogP contribution in [-0.2, 0) is 41.4 Å². The third kappa shape index (κ3) is 7.07. The topological polar surface area (TPSA) is 83.1 Å². The first-order valence-electron chi connectivity index (χ1n) is 13.7. The predicted octanol–water partition coefficient (Wildman–Crippen LogP) is 5.55. The molecule has 0 spiro atoms. The Bertz CT molecular complexity index is 1400. The van der Waals surface area contributed by atoms with E-state index in [2.05, 4.69) is 39.1 Å². The molecule has 6 nitrogen and oxygen atoms in total. The molecule has 1 atom stereocenters. The molecule has 1 fully saturated rings. The summed E-state index contributed by atoms with van der Waals surface area (Å²) in [6.45, 7) is 0.534. The molecule has 2 aliphatic carbocycles. The third-order valence-corrected chi connectivity index (χ3v) is 7.55. The van der Waals surface area contributed by atoms with Gasteiger partial charge in [0.1, 0.15) is 5.82 Å². The number of nitrogens with one attached hydrogen (secondary N) is 3. The average Bonchev–Trinajstić information content (AvgIpc) is 3.77. The molecule has 3 N–H and O–H groups in total. The number of aromatic nitrogens is 1. The van der Waals surface area contributed by atoms with Crippen molar-refractivity contribution in [1.29, 1.82) is 0 Å². The van der Waals surface area contributed by atoms with E-state index in [4.69, 9.17) is 0 Å². The lowest BCUT2D eigenvalue weighted by Crippen LogP contribution is -2.28. The summed E-state index contributed by atoms with van der Waals surface area (Å²) in [5, 5.41) is 8.59. The molecule has 0 aliphatic heterocycles. The number of amides is 2. The van der Waals surface area contributed by atoms with E-state index in [1.165, 1.54) is 5.56 Å². The van der Waals surface area contributed by atoms with Crippen molar-refractivity contribution in [2.24, 2.45) is 11.8 Å². The van der Waals surface area contributed by atoms with Gasteiger partial charge in [0.2, 0.25) is 11.8 Å². The van der Waals surface area contributed by atoms with Gasteiger partial charge < -0.3 is 16.0 Å². The van der Waals surface area contributed by atoms with Crippen LogP contribution in [0.1, 0.15) is 52.6 Å². The number of likely N-dealkylation sites (N-methyl/N-ethyl adjacent to an activating group) is 1. The summed E-state index contributed by atoms with van der Waals surface area (Å²) in [4.78, 5) is 29.5. The SMILES string of the molecule is CNCCc1cc(NC(=O)C2CCc3ccc(Cc4ccnc(NC(=O)C5CC5)c4)cc3C2)cc(C(F)(F)F)c1. The fourth-order valence-electron chi connectivity index (χ4n) is 5.19. The number of alkyl halides is 3. The molecule has 1 saturated carbocycles. The zero-order chi connectivity index (χ0) is 28.3. The van der Waals surface area contributed by atoms with Crippen molar-refractivity contribution in [2.45, 2.75) is 51.1 Å². The highest BCUT2D eigenvalue weighted by atomic mass is 19.4. The first-order valence-corrected chi connectivity index (χ1v) is 13.7. The van der Waals surface area contributed by atoms with Gasteiger partial charge in [0.15, 0.2) is 0 Å². The van der Waals surface area contributed by atoms with Gasteiger partial charge in [-0.05, 0) is 117 Å². The molecule has 0 radical (unpaired) electrons. The van der Waals surface area contributed by atoms with E-state index in [0.717, 1.165) is 48.1 Å². The molecule has 2 aliphatic rings. The van der Waals surface area contributed by atoms with Crippen LogP contribution in [0.15, 0.2) is 54.7 Å². The van der Waals surface area contributed by atoms with Crippen molar-refractivity contribution in [3.05, 3.63) is 88.1 Å². The zero-order valence-electron chi connectivity index (χ0n) is 22.4. The van der Waals surface area contributed by atoms with Gasteiger partial charge in [-0.25, -0.2) is 4.98 Å². The van der Waals surface area contributed by atoms with Crippen LogP contribution in [0.25, 0.3) is 0 Å². The Morgan fingerprint density at radius 1 is 0.875 bits per heavy atom. The maximum absolute atomic E-state index is 13.5. The summed E-state index contributed by atoms with van der Waals surface area (Å²) in [5.41, 5.74) is 4.30. The minimum atomic E-state index is -4.49. The standard InChI is InChI=1S/C31H33F3N4O2/c1-35-10-8-21-14-26(31(32,33)34)18-27(15-21)37-30(40)24-7-4-22-3-2-19(13-25(22)17-24)12-20-9-11-36-28(16-20)38-29(39)23-5-6-23/h2-3,9,11,13-16,18,23-24,35H,4-8,10,12,17H2,1H3,(H,37,40)(H,36,38,39). The van der Waals surface area contributed by atoms with Gasteiger partial charge in [-0.3, -0.25) is 9.59 Å². The highest BCUT2D eigenvalue weighted by Gasteiger charge is 2.32. The first kappa shape index (κ1) is 27.8. The number of nitrogens with zero attached hydrogens (tertiary/aromatic N) is 1. The summed E-state index contributed by atoms with van der Waals surface area (Å²) < 4.78 is 40.5. The van der Waals surface area contributed by atoms with Gasteiger partial charge in [0.25, 0.3) is 0 Å². The van der Waals surface area contributed by atoms with Crippen LogP contribution in [0.3, 0.4) is 0 Å². The molecule has 1 heterocycles. The quantitative estimate of drug-likeness (QED) is 0.327. The zero-order valence-corrected chi connectivity index (χ0v) is 22.4. The molecular weight excluding hydrogens is 517 g/mol. The maximum Gasteiger partial charge on any atom is 0.416 e. The summed E-state index contributed by atoms with van der Waals surface area (Å²) in [6.07, 6.45) is 2.03. The van der Waals surface area contributed by atoms with Gasteiger partial charge in [-0.2, -0.15) is 13.2 Å². The summed E-state index contributed by atoms with van der Waals surface area (Å²) in [6, 6.07) is 13.9. The molecular formula is C31H33F3N4O2. The Morgan fingerprint density at radius 2 is 1.65 bits per heavy atom. The molecule has 5 rings (SSSR count). The molecule has 3 aromatic rings. The summed E-state index contributed by atoms with van der Waals surface area (Å²) >= 11 is 0. The van der Waals surface area contributed by atoms with E-state index in [0.29, 0.717) is 43.6 Å². The third-order valence-electron chi connectivity index (χ3n) is 7.55. The Balaban J connectivity index is 1.26. The number of pyridine rings is 1. The van der Waals surface area contributed by atoms with Crippen LogP contribution in [0.4, 0.5) is 24.7 Å². The van der Waals surface area contributed by atoms with Crippen LogP contribution >= 0.6 is 0 Å². The average molecular weight is 551 g/mol. The van der Waals surface area contributed by atoms with Crippen LogP contribution in [0, 0.1) is 11.8 Å². The second-order valence-corrected chi connectivity index (χ2v) is 10.8. The van der Waals surface area contributed by atoms with E-state index < -0.39 is 11.7 Å². The number of anilines is 2. The van der Waals surface area contributed by atoms with Gasteiger partial charge in [-0.15, -0.1) is 0 Å².